The number of carbonyl (C=O) groups is 1. The van der Waals surface area contributed by atoms with Crippen molar-refractivity contribution in [2.45, 2.75) is 0 Å². The van der Waals surface area contributed by atoms with Crippen LogP contribution in [0.15, 0.2) is 42.5 Å². The van der Waals surface area contributed by atoms with E-state index in [0.717, 1.165) is 9.26 Å². The van der Waals surface area contributed by atoms with Crippen molar-refractivity contribution in [2.24, 2.45) is 0 Å². The van der Waals surface area contributed by atoms with Gasteiger partial charge in [-0.2, -0.15) is 0 Å². The molecule has 0 aliphatic rings. The highest BCUT2D eigenvalue weighted by Crippen LogP contribution is 2.24. The topological polar surface area (TPSA) is 38.3 Å². The van der Waals surface area contributed by atoms with Crippen LogP contribution in [-0.4, -0.2) is 13.0 Å². The lowest BCUT2D eigenvalue weighted by atomic mass is 10.2. The molecule has 2 rings (SSSR count). The monoisotopic (exact) mass is 387 g/mol. The molecule has 0 saturated carbocycles. The normalized spacial score (nSPS) is 10.1. The van der Waals surface area contributed by atoms with Crippen molar-refractivity contribution in [1.82, 2.24) is 0 Å². The summed E-state index contributed by atoms with van der Waals surface area (Å²) in [6.45, 7) is 0. The van der Waals surface area contributed by atoms with Crippen molar-refractivity contribution in [3.8, 4) is 5.75 Å². The molecule has 0 saturated heterocycles. The van der Waals surface area contributed by atoms with E-state index in [1.54, 1.807) is 18.2 Å². The zero-order valence-corrected chi connectivity index (χ0v) is 13.0. The molecule has 0 fully saturated rings. The first-order chi connectivity index (χ1) is 9.10. The first-order valence-corrected chi connectivity index (χ1v) is 6.96. The number of ether oxygens (including phenoxy) is 1. The van der Waals surface area contributed by atoms with Gasteiger partial charge in [-0.05, 0) is 65.1 Å². The third kappa shape index (κ3) is 3.61. The van der Waals surface area contributed by atoms with Crippen LogP contribution in [0, 0.1) is 3.57 Å². The lowest BCUT2D eigenvalue weighted by Crippen LogP contribution is -2.13. The summed E-state index contributed by atoms with van der Waals surface area (Å²) in [5.41, 5.74) is 1.19. The van der Waals surface area contributed by atoms with E-state index in [9.17, 15) is 4.79 Å². The first kappa shape index (κ1) is 14.1. The number of hydrogen-bond donors (Lipinski definition) is 1. The fourth-order valence-electron chi connectivity index (χ4n) is 1.58. The molecule has 0 aliphatic heterocycles. The fraction of sp³-hybridized carbons (Fsp3) is 0.0714. The van der Waals surface area contributed by atoms with Crippen molar-refractivity contribution in [3.05, 3.63) is 56.6 Å². The smallest absolute Gasteiger partial charge is 0.259 e. The van der Waals surface area contributed by atoms with Crippen LogP contribution in [0.5, 0.6) is 5.75 Å². The SMILES string of the molecule is COc1cc(Cl)ccc1C(=O)Nc1ccc(I)cc1. The molecule has 1 amide bonds. The molecule has 2 aromatic rings. The Kier molecular flexibility index (Phi) is 4.66. The van der Waals surface area contributed by atoms with Crippen LogP contribution >= 0.6 is 34.2 Å². The van der Waals surface area contributed by atoms with Gasteiger partial charge in [0.25, 0.3) is 5.91 Å². The van der Waals surface area contributed by atoms with Crippen LogP contribution in [0.3, 0.4) is 0 Å². The van der Waals surface area contributed by atoms with Gasteiger partial charge >= 0.3 is 0 Å². The van der Waals surface area contributed by atoms with Crippen LogP contribution in [0.4, 0.5) is 5.69 Å². The number of carbonyl (C=O) groups excluding carboxylic acids is 1. The van der Waals surface area contributed by atoms with Gasteiger partial charge in [0, 0.05) is 14.3 Å². The molecule has 0 unspecified atom stereocenters. The first-order valence-electron chi connectivity index (χ1n) is 5.50. The number of methoxy groups -OCH3 is 1. The Morgan fingerprint density at radius 3 is 2.53 bits per heavy atom. The molecule has 1 N–H and O–H groups in total. The highest BCUT2D eigenvalue weighted by molar-refractivity contribution is 14.1. The quantitative estimate of drug-likeness (QED) is 0.802. The highest BCUT2D eigenvalue weighted by Gasteiger charge is 2.12. The second kappa shape index (κ2) is 6.25. The van der Waals surface area contributed by atoms with Gasteiger partial charge in [-0.3, -0.25) is 4.79 Å². The van der Waals surface area contributed by atoms with Gasteiger partial charge < -0.3 is 10.1 Å². The Morgan fingerprint density at radius 1 is 1.21 bits per heavy atom. The van der Waals surface area contributed by atoms with Gasteiger partial charge in [-0.15, -0.1) is 0 Å². The Labute approximate surface area is 130 Å². The molecule has 0 aliphatic carbocycles. The summed E-state index contributed by atoms with van der Waals surface area (Å²) in [5.74, 6) is 0.227. The van der Waals surface area contributed by atoms with Gasteiger partial charge in [0.1, 0.15) is 5.75 Å². The number of amides is 1. The second-order valence-electron chi connectivity index (χ2n) is 3.81. The van der Waals surface area contributed by atoms with E-state index in [4.69, 9.17) is 16.3 Å². The lowest BCUT2D eigenvalue weighted by Gasteiger charge is -2.09. The van der Waals surface area contributed by atoms with Crippen molar-refractivity contribution in [2.75, 3.05) is 12.4 Å². The number of hydrogen-bond acceptors (Lipinski definition) is 2. The van der Waals surface area contributed by atoms with Gasteiger partial charge in [0.2, 0.25) is 0 Å². The predicted octanol–water partition coefficient (Wildman–Crippen LogP) is 4.21. The van der Waals surface area contributed by atoms with Gasteiger partial charge in [0.15, 0.2) is 0 Å². The summed E-state index contributed by atoms with van der Waals surface area (Å²) in [7, 11) is 1.51. The predicted molar refractivity (Wildman–Crippen MR) is 85.1 cm³/mol. The average molecular weight is 388 g/mol. The van der Waals surface area contributed by atoms with Crippen LogP contribution in [0.25, 0.3) is 0 Å². The summed E-state index contributed by atoms with van der Waals surface area (Å²) in [4.78, 5) is 12.2. The molecule has 2 aromatic carbocycles. The summed E-state index contributed by atoms with van der Waals surface area (Å²) in [6, 6.07) is 12.5. The largest absolute Gasteiger partial charge is 0.496 e. The molecule has 0 aromatic heterocycles. The summed E-state index contributed by atoms with van der Waals surface area (Å²) >= 11 is 8.07. The third-order valence-corrected chi connectivity index (χ3v) is 3.46. The van der Waals surface area contributed by atoms with E-state index in [2.05, 4.69) is 27.9 Å². The van der Waals surface area contributed by atoms with Crippen LogP contribution in [0.2, 0.25) is 5.02 Å². The fourth-order valence-corrected chi connectivity index (χ4v) is 2.11. The van der Waals surface area contributed by atoms with Crippen molar-refractivity contribution >= 4 is 45.8 Å². The van der Waals surface area contributed by atoms with E-state index in [0.29, 0.717) is 16.3 Å². The van der Waals surface area contributed by atoms with Crippen LogP contribution < -0.4 is 10.1 Å². The summed E-state index contributed by atoms with van der Waals surface area (Å²) in [5, 5.41) is 3.34. The van der Waals surface area contributed by atoms with Gasteiger partial charge in [-0.25, -0.2) is 0 Å². The van der Waals surface area contributed by atoms with Crippen LogP contribution in [0.1, 0.15) is 10.4 Å². The number of rotatable bonds is 3. The Balaban J connectivity index is 2.22. The zero-order valence-electron chi connectivity index (χ0n) is 10.1. The Bertz CT molecular complexity index is 599. The standard InChI is InChI=1S/C14H11ClINO2/c1-19-13-8-9(15)2-7-12(13)14(18)17-11-5-3-10(16)4-6-11/h2-8H,1H3,(H,17,18). The number of nitrogens with one attached hydrogen (secondary N) is 1. The number of benzene rings is 2. The maximum Gasteiger partial charge on any atom is 0.259 e. The number of anilines is 1. The van der Waals surface area contributed by atoms with Gasteiger partial charge in [0.05, 0.1) is 12.7 Å². The van der Waals surface area contributed by atoms with Crippen molar-refractivity contribution < 1.29 is 9.53 Å². The second-order valence-corrected chi connectivity index (χ2v) is 5.49. The van der Waals surface area contributed by atoms with E-state index >= 15 is 0 Å². The molecule has 3 nitrogen and oxygen atoms in total. The lowest BCUT2D eigenvalue weighted by molar-refractivity contribution is 0.102. The van der Waals surface area contributed by atoms with Crippen LogP contribution in [-0.2, 0) is 0 Å². The number of halogens is 2. The van der Waals surface area contributed by atoms with E-state index in [1.165, 1.54) is 7.11 Å². The summed E-state index contributed by atoms with van der Waals surface area (Å²) in [6.07, 6.45) is 0. The molecule has 0 radical (unpaired) electrons. The molecule has 0 bridgehead atoms. The third-order valence-electron chi connectivity index (χ3n) is 2.51. The molecule has 19 heavy (non-hydrogen) atoms. The molecular weight excluding hydrogens is 377 g/mol. The average Bonchev–Trinajstić information content (AvgIpc) is 2.41. The zero-order chi connectivity index (χ0) is 13.8. The molecule has 98 valence electrons. The summed E-state index contributed by atoms with van der Waals surface area (Å²) < 4.78 is 6.27. The van der Waals surface area contributed by atoms with Crippen molar-refractivity contribution in [1.29, 1.82) is 0 Å². The Hall–Kier alpha value is -1.27. The van der Waals surface area contributed by atoms with E-state index < -0.39 is 0 Å². The molecule has 5 heteroatoms. The van der Waals surface area contributed by atoms with E-state index in [1.807, 2.05) is 24.3 Å². The minimum atomic E-state index is -0.227. The van der Waals surface area contributed by atoms with Crippen molar-refractivity contribution in [3.63, 3.8) is 0 Å². The molecule has 0 heterocycles. The molecular formula is C14H11ClINO2. The van der Waals surface area contributed by atoms with E-state index in [-0.39, 0.29) is 5.91 Å². The minimum Gasteiger partial charge on any atom is -0.496 e. The maximum absolute atomic E-state index is 12.2. The Morgan fingerprint density at radius 2 is 1.89 bits per heavy atom. The highest BCUT2D eigenvalue weighted by atomic mass is 127. The minimum absolute atomic E-state index is 0.227. The maximum atomic E-state index is 12.2. The molecule has 0 spiro atoms. The van der Waals surface area contributed by atoms with Gasteiger partial charge in [-0.1, -0.05) is 11.6 Å². The molecule has 0 atom stereocenters.